The van der Waals surface area contributed by atoms with E-state index < -0.39 is 0 Å². The first-order valence-electron chi connectivity index (χ1n) is 9.48. The lowest BCUT2D eigenvalue weighted by Gasteiger charge is -2.38. The summed E-state index contributed by atoms with van der Waals surface area (Å²) in [5, 5.41) is 0. The van der Waals surface area contributed by atoms with Crippen molar-refractivity contribution in [3.8, 4) is 0 Å². The van der Waals surface area contributed by atoms with Gasteiger partial charge >= 0.3 is 11.9 Å². The maximum Gasteiger partial charge on any atom is 0.309 e. The summed E-state index contributed by atoms with van der Waals surface area (Å²) in [6.45, 7) is 7.21. The first kappa shape index (κ1) is 17.8. The lowest BCUT2D eigenvalue weighted by molar-refractivity contribution is -0.164. The Morgan fingerprint density at radius 1 is 1.00 bits per heavy atom. The van der Waals surface area contributed by atoms with Crippen LogP contribution >= 0.6 is 0 Å². The first-order chi connectivity index (χ1) is 11.2. The first-order valence-corrected chi connectivity index (χ1v) is 9.48. The molecule has 0 N–H and O–H groups in total. The molecule has 4 heteroatoms. The Morgan fingerprint density at radius 2 is 1.75 bits per heavy atom. The molecule has 4 nitrogen and oxygen atoms in total. The predicted octanol–water partition coefficient (Wildman–Crippen LogP) is 3.97. The number of carbonyl (C=O) groups is 2. The molecule has 3 fully saturated rings. The van der Waals surface area contributed by atoms with Gasteiger partial charge in [-0.3, -0.25) is 9.59 Å². The standard InChI is InChI=1S/C20H32O4/c1-19(2)7-6-15(16(11-19)17(21)23-4)18(22)24-12-13-5-8-20(3)10-14(20)9-13/h13-16H,5-12H2,1-4H3. The Balaban J connectivity index is 1.54. The zero-order valence-corrected chi connectivity index (χ0v) is 15.6. The molecular weight excluding hydrogens is 304 g/mol. The molecule has 0 bridgehead atoms. The average Bonchev–Trinajstić information content (AvgIpc) is 3.21. The van der Waals surface area contributed by atoms with Gasteiger partial charge in [-0.15, -0.1) is 0 Å². The number of carbonyl (C=O) groups excluding carboxylic acids is 2. The van der Waals surface area contributed by atoms with E-state index in [1.165, 1.54) is 32.8 Å². The van der Waals surface area contributed by atoms with Gasteiger partial charge in [0, 0.05) is 0 Å². The molecule has 136 valence electrons. The molecule has 0 heterocycles. The molecule has 0 aromatic rings. The fourth-order valence-corrected chi connectivity index (χ4v) is 4.96. The lowest BCUT2D eigenvalue weighted by Crippen LogP contribution is -2.40. The monoisotopic (exact) mass is 336 g/mol. The van der Waals surface area contributed by atoms with Gasteiger partial charge in [0.15, 0.2) is 0 Å². The highest BCUT2D eigenvalue weighted by Crippen LogP contribution is 2.62. The molecule has 0 spiro atoms. The van der Waals surface area contributed by atoms with Gasteiger partial charge in [-0.1, -0.05) is 20.8 Å². The Hall–Kier alpha value is -1.06. The molecule has 0 aliphatic heterocycles. The van der Waals surface area contributed by atoms with E-state index in [1.807, 2.05) is 0 Å². The molecule has 5 unspecified atom stereocenters. The summed E-state index contributed by atoms with van der Waals surface area (Å²) in [5.41, 5.74) is 0.668. The fraction of sp³-hybridized carbons (Fsp3) is 0.900. The summed E-state index contributed by atoms with van der Waals surface area (Å²) in [6, 6.07) is 0. The second kappa shape index (κ2) is 6.34. The maximum atomic E-state index is 12.6. The van der Waals surface area contributed by atoms with Crippen LogP contribution in [-0.2, 0) is 19.1 Å². The van der Waals surface area contributed by atoms with E-state index in [0.717, 1.165) is 18.8 Å². The molecule has 3 rings (SSSR count). The van der Waals surface area contributed by atoms with E-state index in [1.54, 1.807) is 0 Å². The summed E-state index contributed by atoms with van der Waals surface area (Å²) in [7, 11) is 1.40. The smallest absolute Gasteiger partial charge is 0.309 e. The number of hydrogen-bond donors (Lipinski definition) is 0. The molecule has 0 saturated heterocycles. The van der Waals surface area contributed by atoms with Gasteiger partial charge in [0.1, 0.15) is 0 Å². The SMILES string of the molecule is COC(=O)C1CC(C)(C)CCC1C(=O)OCC1CCC2(C)CC2C1. The molecule has 0 radical (unpaired) electrons. The zero-order chi connectivity index (χ0) is 17.5. The van der Waals surface area contributed by atoms with Crippen molar-refractivity contribution < 1.29 is 19.1 Å². The zero-order valence-electron chi connectivity index (χ0n) is 15.6. The number of hydrogen-bond acceptors (Lipinski definition) is 4. The maximum absolute atomic E-state index is 12.6. The number of esters is 2. The second-order valence-corrected chi connectivity index (χ2v) is 9.47. The van der Waals surface area contributed by atoms with E-state index in [0.29, 0.717) is 24.4 Å². The highest BCUT2D eigenvalue weighted by molar-refractivity contribution is 5.82. The summed E-state index contributed by atoms with van der Waals surface area (Å²) in [5.74, 6) is 0.199. The van der Waals surface area contributed by atoms with E-state index in [2.05, 4.69) is 20.8 Å². The van der Waals surface area contributed by atoms with Crippen molar-refractivity contribution in [2.45, 2.75) is 65.7 Å². The molecule has 0 amide bonds. The van der Waals surface area contributed by atoms with Crippen molar-refractivity contribution in [1.82, 2.24) is 0 Å². The Morgan fingerprint density at radius 3 is 2.42 bits per heavy atom. The van der Waals surface area contributed by atoms with E-state index >= 15 is 0 Å². The molecule has 24 heavy (non-hydrogen) atoms. The number of ether oxygens (including phenoxy) is 2. The van der Waals surface area contributed by atoms with Crippen LogP contribution in [0.5, 0.6) is 0 Å². The average molecular weight is 336 g/mol. The van der Waals surface area contributed by atoms with Crippen LogP contribution in [0.15, 0.2) is 0 Å². The molecule has 3 aliphatic rings. The highest BCUT2D eigenvalue weighted by atomic mass is 16.5. The molecule has 3 saturated carbocycles. The summed E-state index contributed by atoms with van der Waals surface area (Å²) in [6.07, 6.45) is 7.34. The van der Waals surface area contributed by atoms with Crippen LogP contribution in [-0.4, -0.2) is 25.7 Å². The van der Waals surface area contributed by atoms with Crippen molar-refractivity contribution in [3.63, 3.8) is 0 Å². The number of rotatable bonds is 4. The van der Waals surface area contributed by atoms with Gasteiger partial charge in [0.25, 0.3) is 0 Å². The predicted molar refractivity (Wildman–Crippen MR) is 91.1 cm³/mol. The van der Waals surface area contributed by atoms with Gasteiger partial charge < -0.3 is 9.47 Å². The topological polar surface area (TPSA) is 52.6 Å². The molecule has 0 aromatic heterocycles. The molecular formula is C20H32O4. The van der Waals surface area contributed by atoms with Crippen molar-refractivity contribution >= 4 is 11.9 Å². The number of fused-ring (bicyclic) bond motifs is 1. The van der Waals surface area contributed by atoms with Crippen LogP contribution in [0.3, 0.4) is 0 Å². The van der Waals surface area contributed by atoms with Crippen LogP contribution in [0, 0.1) is 34.5 Å². The van der Waals surface area contributed by atoms with Crippen LogP contribution < -0.4 is 0 Å². The van der Waals surface area contributed by atoms with E-state index in [4.69, 9.17) is 9.47 Å². The summed E-state index contributed by atoms with van der Waals surface area (Å²) in [4.78, 5) is 24.7. The quantitative estimate of drug-likeness (QED) is 0.729. The normalized spacial score (nSPS) is 40.3. The van der Waals surface area contributed by atoms with Crippen molar-refractivity contribution in [3.05, 3.63) is 0 Å². The number of methoxy groups -OCH3 is 1. The van der Waals surface area contributed by atoms with E-state index in [9.17, 15) is 9.59 Å². The third-order valence-corrected chi connectivity index (χ3v) is 6.94. The Bertz CT molecular complexity index is 512. The minimum absolute atomic E-state index is 0.0788. The third kappa shape index (κ3) is 3.62. The molecule has 5 atom stereocenters. The van der Waals surface area contributed by atoms with E-state index in [-0.39, 0.29) is 29.2 Å². The Labute approximate surface area is 145 Å². The van der Waals surface area contributed by atoms with Crippen LogP contribution in [0.25, 0.3) is 0 Å². The summed E-state index contributed by atoms with van der Waals surface area (Å²) >= 11 is 0. The largest absolute Gasteiger partial charge is 0.469 e. The Kier molecular flexibility index (Phi) is 4.69. The minimum Gasteiger partial charge on any atom is -0.469 e. The molecule has 3 aliphatic carbocycles. The highest BCUT2D eigenvalue weighted by Gasteiger charge is 2.53. The van der Waals surface area contributed by atoms with Gasteiger partial charge in [-0.05, 0) is 67.6 Å². The van der Waals surface area contributed by atoms with Gasteiger partial charge in [0.05, 0.1) is 25.6 Å². The van der Waals surface area contributed by atoms with Crippen LogP contribution in [0.4, 0.5) is 0 Å². The second-order valence-electron chi connectivity index (χ2n) is 9.47. The summed E-state index contributed by atoms with van der Waals surface area (Å²) < 4.78 is 10.6. The van der Waals surface area contributed by atoms with Crippen molar-refractivity contribution in [2.24, 2.45) is 34.5 Å². The van der Waals surface area contributed by atoms with Crippen LogP contribution in [0.1, 0.15) is 65.7 Å². The van der Waals surface area contributed by atoms with Crippen molar-refractivity contribution in [1.29, 1.82) is 0 Å². The van der Waals surface area contributed by atoms with Gasteiger partial charge in [-0.25, -0.2) is 0 Å². The fourth-order valence-electron chi connectivity index (χ4n) is 4.96. The molecule has 0 aromatic carbocycles. The lowest BCUT2D eigenvalue weighted by atomic mass is 9.67. The van der Waals surface area contributed by atoms with Crippen LogP contribution in [0.2, 0.25) is 0 Å². The van der Waals surface area contributed by atoms with Gasteiger partial charge in [-0.2, -0.15) is 0 Å². The van der Waals surface area contributed by atoms with Gasteiger partial charge in [0.2, 0.25) is 0 Å². The minimum atomic E-state index is -0.357. The third-order valence-electron chi connectivity index (χ3n) is 6.94. The van der Waals surface area contributed by atoms with Crippen molar-refractivity contribution in [2.75, 3.05) is 13.7 Å².